The molecule has 1 aliphatic rings. The molecule has 162 valence electrons. The number of imidazole rings is 1. The highest BCUT2D eigenvalue weighted by molar-refractivity contribution is 5.91. The summed E-state index contributed by atoms with van der Waals surface area (Å²) in [5.74, 6) is 0.929. The highest BCUT2D eigenvalue weighted by atomic mass is 16.5. The zero-order valence-electron chi connectivity index (χ0n) is 17.5. The molecule has 10 heteroatoms. The number of nitrogens with zero attached hydrogens (tertiary/aromatic N) is 6. The van der Waals surface area contributed by atoms with E-state index in [4.69, 9.17) is 4.74 Å². The number of fused-ring (bicyclic) bond motifs is 1. The van der Waals surface area contributed by atoms with Crippen molar-refractivity contribution in [1.82, 2.24) is 29.5 Å². The van der Waals surface area contributed by atoms with Crippen LogP contribution < -0.4 is 10.6 Å². The Bertz CT molecular complexity index is 1250. The van der Waals surface area contributed by atoms with Gasteiger partial charge in [0.15, 0.2) is 5.65 Å². The monoisotopic (exact) mass is 430 g/mol. The predicted molar refractivity (Wildman–Crippen MR) is 119 cm³/mol. The minimum absolute atomic E-state index is 0.0591. The number of anilines is 3. The van der Waals surface area contributed by atoms with E-state index in [0.717, 1.165) is 42.8 Å². The van der Waals surface area contributed by atoms with Crippen LogP contribution >= 0.6 is 0 Å². The lowest BCUT2D eigenvalue weighted by molar-refractivity contribution is -0.114. The van der Waals surface area contributed by atoms with Crippen LogP contribution in [-0.2, 0) is 9.53 Å². The molecule has 0 bridgehead atoms. The smallest absolute Gasteiger partial charge is 0.222 e. The summed E-state index contributed by atoms with van der Waals surface area (Å²) in [7, 11) is 0. The van der Waals surface area contributed by atoms with Crippen molar-refractivity contribution in [3.8, 4) is 11.3 Å². The molecule has 0 radical (unpaired) electrons. The second kappa shape index (κ2) is 8.67. The fourth-order valence-electron chi connectivity index (χ4n) is 3.76. The highest BCUT2D eigenvalue weighted by Gasteiger charge is 2.21. The number of amides is 1. The SMILES string of the molecule is CC(=O)Nc1ccc(Nc2ncccc2-c2ncnc3c2ncn3C2CCCCO2)cn1. The first-order valence-corrected chi connectivity index (χ1v) is 10.4. The summed E-state index contributed by atoms with van der Waals surface area (Å²) in [4.78, 5) is 33.5. The summed E-state index contributed by atoms with van der Waals surface area (Å²) in [5, 5.41) is 5.93. The lowest BCUT2D eigenvalue weighted by Crippen LogP contribution is -2.17. The lowest BCUT2D eigenvalue weighted by Gasteiger charge is -2.23. The molecule has 5 heterocycles. The van der Waals surface area contributed by atoms with E-state index in [9.17, 15) is 4.79 Å². The zero-order chi connectivity index (χ0) is 21.9. The number of carbonyl (C=O) groups is 1. The summed E-state index contributed by atoms with van der Waals surface area (Å²) in [6.07, 6.45) is 9.73. The van der Waals surface area contributed by atoms with E-state index in [-0.39, 0.29) is 12.1 Å². The Morgan fingerprint density at radius 2 is 2.06 bits per heavy atom. The van der Waals surface area contributed by atoms with Gasteiger partial charge in [-0.25, -0.2) is 24.9 Å². The van der Waals surface area contributed by atoms with Gasteiger partial charge in [-0.3, -0.25) is 9.36 Å². The van der Waals surface area contributed by atoms with E-state index in [1.807, 2.05) is 22.8 Å². The van der Waals surface area contributed by atoms with Crippen molar-refractivity contribution in [2.75, 3.05) is 17.2 Å². The molecular weight excluding hydrogens is 408 g/mol. The third-order valence-corrected chi connectivity index (χ3v) is 5.22. The van der Waals surface area contributed by atoms with Crippen LogP contribution in [0.4, 0.5) is 17.3 Å². The molecule has 2 N–H and O–H groups in total. The van der Waals surface area contributed by atoms with Gasteiger partial charge in [0.25, 0.3) is 0 Å². The van der Waals surface area contributed by atoms with E-state index in [0.29, 0.717) is 22.8 Å². The van der Waals surface area contributed by atoms with Gasteiger partial charge in [0, 0.05) is 25.3 Å². The molecule has 0 spiro atoms. The number of nitrogens with one attached hydrogen (secondary N) is 2. The fourth-order valence-corrected chi connectivity index (χ4v) is 3.76. The molecular formula is C22H22N8O2. The van der Waals surface area contributed by atoms with Gasteiger partial charge in [-0.05, 0) is 43.5 Å². The maximum atomic E-state index is 11.2. The molecule has 1 atom stereocenters. The van der Waals surface area contributed by atoms with E-state index < -0.39 is 0 Å². The summed E-state index contributed by atoms with van der Waals surface area (Å²) in [5.41, 5.74) is 3.63. The maximum absolute atomic E-state index is 11.2. The van der Waals surface area contributed by atoms with E-state index in [1.165, 1.54) is 6.92 Å². The van der Waals surface area contributed by atoms with Crippen LogP contribution in [0, 0.1) is 0 Å². The molecule has 4 aromatic rings. The molecule has 5 rings (SSSR count). The molecule has 1 fully saturated rings. The van der Waals surface area contributed by atoms with Crippen LogP contribution in [0.5, 0.6) is 0 Å². The second-order valence-corrected chi connectivity index (χ2v) is 7.51. The van der Waals surface area contributed by atoms with Crippen LogP contribution in [0.3, 0.4) is 0 Å². The van der Waals surface area contributed by atoms with Crippen molar-refractivity contribution >= 4 is 34.4 Å². The number of rotatable bonds is 5. The molecule has 0 aliphatic carbocycles. The Balaban J connectivity index is 1.48. The molecule has 10 nitrogen and oxygen atoms in total. The molecule has 1 saturated heterocycles. The van der Waals surface area contributed by atoms with Gasteiger partial charge in [-0.1, -0.05) is 0 Å². The second-order valence-electron chi connectivity index (χ2n) is 7.51. The predicted octanol–water partition coefficient (Wildman–Crippen LogP) is 3.68. The maximum Gasteiger partial charge on any atom is 0.222 e. The Morgan fingerprint density at radius 1 is 1.12 bits per heavy atom. The van der Waals surface area contributed by atoms with Crippen molar-refractivity contribution in [3.63, 3.8) is 0 Å². The molecule has 0 saturated carbocycles. The highest BCUT2D eigenvalue weighted by Crippen LogP contribution is 2.33. The van der Waals surface area contributed by atoms with Crippen molar-refractivity contribution in [3.05, 3.63) is 49.3 Å². The van der Waals surface area contributed by atoms with Gasteiger partial charge in [0.1, 0.15) is 35.4 Å². The van der Waals surface area contributed by atoms with Crippen molar-refractivity contribution < 1.29 is 9.53 Å². The molecule has 1 unspecified atom stereocenters. The molecule has 1 amide bonds. The van der Waals surface area contributed by atoms with E-state index in [1.54, 1.807) is 31.1 Å². The number of pyridine rings is 2. The average Bonchev–Trinajstić information content (AvgIpc) is 3.25. The quantitative estimate of drug-likeness (QED) is 0.492. The first kappa shape index (κ1) is 20.0. The van der Waals surface area contributed by atoms with Crippen LogP contribution in [0.25, 0.3) is 22.4 Å². The number of hydrogen-bond acceptors (Lipinski definition) is 8. The standard InChI is InChI=1S/C22H22N8O2/c1-14(31)28-17-8-7-15(11-24-17)29-21-16(5-4-9-23-21)19-20-22(26-12-25-19)30(13-27-20)18-6-2-3-10-32-18/h4-5,7-9,11-13,18H,2-3,6,10H2,1H3,(H,23,29)(H,24,28,31). The third-order valence-electron chi connectivity index (χ3n) is 5.22. The Kier molecular flexibility index (Phi) is 5.42. The Hall–Kier alpha value is -3.92. The Labute approximate surface area is 184 Å². The largest absolute Gasteiger partial charge is 0.358 e. The van der Waals surface area contributed by atoms with Crippen LogP contribution in [0.2, 0.25) is 0 Å². The van der Waals surface area contributed by atoms with Crippen LogP contribution in [0.1, 0.15) is 32.4 Å². The summed E-state index contributed by atoms with van der Waals surface area (Å²) in [6, 6.07) is 7.34. The van der Waals surface area contributed by atoms with Crippen molar-refractivity contribution in [2.24, 2.45) is 0 Å². The fraction of sp³-hybridized carbons (Fsp3) is 0.273. The van der Waals surface area contributed by atoms with Gasteiger partial charge >= 0.3 is 0 Å². The third kappa shape index (κ3) is 4.00. The first-order chi connectivity index (χ1) is 15.7. The van der Waals surface area contributed by atoms with Gasteiger partial charge in [-0.2, -0.15) is 0 Å². The van der Waals surface area contributed by atoms with Gasteiger partial charge in [0.05, 0.1) is 18.2 Å². The number of ether oxygens (including phenoxy) is 1. The van der Waals surface area contributed by atoms with Crippen molar-refractivity contribution in [1.29, 1.82) is 0 Å². The first-order valence-electron chi connectivity index (χ1n) is 10.4. The normalized spacial score (nSPS) is 16.1. The summed E-state index contributed by atoms with van der Waals surface area (Å²) in [6.45, 7) is 2.19. The minimum Gasteiger partial charge on any atom is -0.358 e. The average molecular weight is 430 g/mol. The number of carbonyl (C=O) groups excluding carboxylic acids is 1. The van der Waals surface area contributed by atoms with Crippen molar-refractivity contribution in [2.45, 2.75) is 32.4 Å². The molecule has 0 aromatic carbocycles. The molecule has 4 aromatic heterocycles. The summed E-state index contributed by atoms with van der Waals surface area (Å²) < 4.78 is 7.90. The zero-order valence-corrected chi connectivity index (χ0v) is 17.5. The van der Waals surface area contributed by atoms with E-state index in [2.05, 4.69) is 35.6 Å². The number of aromatic nitrogens is 6. The lowest BCUT2D eigenvalue weighted by atomic mass is 10.1. The minimum atomic E-state index is -0.170. The van der Waals surface area contributed by atoms with Gasteiger partial charge < -0.3 is 15.4 Å². The summed E-state index contributed by atoms with van der Waals surface area (Å²) >= 11 is 0. The van der Waals surface area contributed by atoms with Gasteiger partial charge in [-0.15, -0.1) is 0 Å². The van der Waals surface area contributed by atoms with Crippen LogP contribution in [-0.4, -0.2) is 42.0 Å². The van der Waals surface area contributed by atoms with E-state index >= 15 is 0 Å². The molecule has 32 heavy (non-hydrogen) atoms. The van der Waals surface area contributed by atoms with Gasteiger partial charge in [0.2, 0.25) is 5.91 Å². The molecule has 1 aliphatic heterocycles. The Morgan fingerprint density at radius 3 is 2.84 bits per heavy atom. The topological polar surface area (TPSA) is 120 Å². The van der Waals surface area contributed by atoms with Crippen LogP contribution in [0.15, 0.2) is 49.3 Å². The number of hydrogen-bond donors (Lipinski definition) is 2.